The van der Waals surface area contributed by atoms with Gasteiger partial charge in [0.05, 0.1) is 18.8 Å². The molecule has 2 aliphatic rings. The minimum Gasteiger partial charge on any atom is -0.361 e. The summed E-state index contributed by atoms with van der Waals surface area (Å²) in [4.78, 5) is 54.9. The molecule has 9 nitrogen and oxygen atoms in total. The van der Waals surface area contributed by atoms with Crippen molar-refractivity contribution in [2.24, 2.45) is 11.8 Å². The van der Waals surface area contributed by atoms with Crippen molar-refractivity contribution in [2.75, 3.05) is 6.61 Å². The van der Waals surface area contributed by atoms with Crippen LogP contribution >= 0.6 is 0 Å². The van der Waals surface area contributed by atoms with Crippen LogP contribution in [0.1, 0.15) is 78.4 Å². The summed E-state index contributed by atoms with van der Waals surface area (Å²) >= 11 is 0. The maximum atomic E-state index is 14.0. The lowest BCUT2D eigenvalue weighted by Gasteiger charge is -2.30. The van der Waals surface area contributed by atoms with Gasteiger partial charge in [0.25, 0.3) is 0 Å². The summed E-state index contributed by atoms with van der Waals surface area (Å²) in [6.07, 6.45) is 4.03. The molecule has 1 unspecified atom stereocenters. The molecule has 4 rings (SSSR count). The van der Waals surface area contributed by atoms with Crippen molar-refractivity contribution in [2.45, 2.75) is 116 Å². The van der Waals surface area contributed by atoms with Crippen LogP contribution in [-0.2, 0) is 41.5 Å². The smallest absolute Gasteiger partial charge is 0.249 e. The normalized spacial score (nSPS) is 20.9. The summed E-state index contributed by atoms with van der Waals surface area (Å²) in [6.45, 7) is 12.0. The molecule has 0 aromatic heterocycles. The van der Waals surface area contributed by atoms with E-state index in [4.69, 9.17) is 9.47 Å². The molecule has 1 aliphatic heterocycles. The summed E-state index contributed by atoms with van der Waals surface area (Å²) < 4.78 is 11.6. The number of ketones is 1. The van der Waals surface area contributed by atoms with E-state index in [0.717, 1.165) is 17.5 Å². The Kier molecular flexibility index (Phi) is 13.1. The van der Waals surface area contributed by atoms with Gasteiger partial charge in [-0.15, -0.1) is 0 Å². The maximum absolute atomic E-state index is 14.0. The Bertz CT molecular complexity index is 1420. The van der Waals surface area contributed by atoms with Crippen LogP contribution in [0.4, 0.5) is 0 Å². The molecule has 0 saturated carbocycles. The molecule has 1 saturated heterocycles. The Labute approximate surface area is 285 Å². The molecule has 2 aromatic carbocycles. The fourth-order valence-electron chi connectivity index (χ4n) is 6.00. The zero-order chi connectivity index (χ0) is 34.8. The largest absolute Gasteiger partial charge is 0.361 e. The van der Waals surface area contributed by atoms with E-state index in [1.54, 1.807) is 6.92 Å². The summed E-state index contributed by atoms with van der Waals surface area (Å²) in [5, 5.41) is 8.84. The first-order chi connectivity index (χ1) is 22.8. The predicted molar refractivity (Wildman–Crippen MR) is 186 cm³/mol. The lowest BCUT2D eigenvalue weighted by atomic mass is 9.93. The Morgan fingerprint density at radius 1 is 0.792 bits per heavy atom. The van der Waals surface area contributed by atoms with Crippen LogP contribution in [0, 0.1) is 11.8 Å². The molecule has 260 valence electrons. The molecule has 6 atom stereocenters. The Balaban J connectivity index is 1.51. The molecule has 9 heteroatoms. The Hall–Kier alpha value is -3.82. The predicted octanol–water partition coefficient (Wildman–Crippen LogP) is 4.87. The summed E-state index contributed by atoms with van der Waals surface area (Å²) in [6, 6.07) is 16.7. The highest BCUT2D eigenvalue weighted by molar-refractivity contribution is 5.98. The molecular formula is C39H53N3O6. The summed E-state index contributed by atoms with van der Waals surface area (Å²) in [5.41, 5.74) is 2.27. The van der Waals surface area contributed by atoms with E-state index in [2.05, 4.69) is 16.0 Å². The van der Waals surface area contributed by atoms with E-state index >= 15 is 0 Å². The van der Waals surface area contributed by atoms with E-state index < -0.39 is 41.6 Å². The fourth-order valence-corrected chi connectivity index (χ4v) is 6.00. The number of amides is 3. The standard InChI is InChI=1S/C39H53N3O6/c1-25(2)19-31(35(43)39(6)24-47-39)40-37(45)33(23-29-15-11-8-12-16-29)41-36(44)32(20-26(3)4)42-38(46)34(48-30-21-27(5)22-30)18-17-28-13-9-7-10-14-28/h7-16,21,25-26,30-34H,17-20,22-24H2,1-6H3,(H,40,45)(H,41,44)(H,42,46)/t30?,31-,32-,33-,34-,39+/m0/s1. The highest BCUT2D eigenvalue weighted by Gasteiger charge is 2.50. The number of benzene rings is 2. The van der Waals surface area contributed by atoms with Gasteiger partial charge in [-0.1, -0.05) is 100 Å². The van der Waals surface area contributed by atoms with Crippen molar-refractivity contribution in [1.29, 1.82) is 0 Å². The number of hydrogen-bond acceptors (Lipinski definition) is 6. The van der Waals surface area contributed by atoms with Crippen LogP contribution in [0.15, 0.2) is 72.3 Å². The van der Waals surface area contributed by atoms with Crippen LogP contribution in [0.2, 0.25) is 0 Å². The highest BCUT2D eigenvalue weighted by Crippen LogP contribution is 2.30. The minimum absolute atomic E-state index is 0.0793. The number of aryl methyl sites for hydroxylation is 1. The Morgan fingerprint density at radius 2 is 1.29 bits per heavy atom. The van der Waals surface area contributed by atoms with Crippen molar-refractivity contribution < 1.29 is 28.7 Å². The average molecular weight is 660 g/mol. The van der Waals surface area contributed by atoms with E-state index in [0.29, 0.717) is 32.3 Å². The van der Waals surface area contributed by atoms with Crippen LogP contribution in [0.25, 0.3) is 0 Å². The van der Waals surface area contributed by atoms with Gasteiger partial charge in [0.2, 0.25) is 17.7 Å². The first-order valence-electron chi connectivity index (χ1n) is 17.3. The van der Waals surface area contributed by atoms with Crippen molar-refractivity contribution in [1.82, 2.24) is 16.0 Å². The van der Waals surface area contributed by atoms with Crippen molar-refractivity contribution >= 4 is 23.5 Å². The number of hydrogen-bond donors (Lipinski definition) is 3. The van der Waals surface area contributed by atoms with Gasteiger partial charge in [0.1, 0.15) is 23.8 Å². The fraction of sp³-hybridized carbons (Fsp3) is 0.538. The molecule has 0 bridgehead atoms. The molecule has 3 N–H and O–H groups in total. The third kappa shape index (κ3) is 11.1. The van der Waals surface area contributed by atoms with Gasteiger partial charge >= 0.3 is 0 Å². The van der Waals surface area contributed by atoms with Crippen LogP contribution in [0.3, 0.4) is 0 Å². The number of nitrogens with one attached hydrogen (secondary N) is 3. The molecule has 48 heavy (non-hydrogen) atoms. The van der Waals surface area contributed by atoms with Crippen LogP contribution in [0.5, 0.6) is 0 Å². The van der Waals surface area contributed by atoms with Gasteiger partial charge in [-0.05, 0) is 68.9 Å². The van der Waals surface area contributed by atoms with Gasteiger partial charge in [-0.3, -0.25) is 19.2 Å². The van der Waals surface area contributed by atoms with Gasteiger partial charge in [-0.2, -0.15) is 0 Å². The zero-order valence-corrected chi connectivity index (χ0v) is 29.3. The number of epoxide rings is 1. The highest BCUT2D eigenvalue weighted by atomic mass is 16.6. The first kappa shape index (κ1) is 37.0. The molecule has 0 radical (unpaired) electrons. The number of rotatable bonds is 19. The lowest BCUT2D eigenvalue weighted by molar-refractivity contribution is -0.140. The van der Waals surface area contributed by atoms with Crippen LogP contribution < -0.4 is 16.0 Å². The maximum Gasteiger partial charge on any atom is 0.249 e. The number of carbonyl (C=O) groups excluding carboxylic acids is 4. The van der Waals surface area contributed by atoms with E-state index in [-0.39, 0.29) is 36.1 Å². The van der Waals surface area contributed by atoms with E-state index in [9.17, 15) is 19.2 Å². The topological polar surface area (TPSA) is 126 Å². The average Bonchev–Trinajstić information content (AvgIpc) is 3.79. The minimum atomic E-state index is -0.977. The monoisotopic (exact) mass is 659 g/mol. The Morgan fingerprint density at radius 3 is 1.83 bits per heavy atom. The number of carbonyl (C=O) groups is 4. The second-order valence-electron chi connectivity index (χ2n) is 14.4. The number of Topliss-reactive ketones (excluding diaryl/α,β-unsaturated/α-hetero) is 1. The quantitative estimate of drug-likeness (QED) is 0.146. The molecule has 1 aliphatic carbocycles. The summed E-state index contributed by atoms with van der Waals surface area (Å²) in [5.74, 6) is -1.22. The van der Waals surface area contributed by atoms with Gasteiger partial charge in [0.15, 0.2) is 5.78 Å². The molecular weight excluding hydrogens is 606 g/mol. The van der Waals surface area contributed by atoms with Gasteiger partial charge in [0, 0.05) is 6.42 Å². The lowest BCUT2D eigenvalue weighted by Crippen LogP contribution is -2.58. The third-order valence-electron chi connectivity index (χ3n) is 8.86. The summed E-state index contributed by atoms with van der Waals surface area (Å²) in [7, 11) is 0. The van der Waals surface area contributed by atoms with Crippen LogP contribution in [-0.4, -0.2) is 66.0 Å². The SMILES string of the molecule is CC1=CC(O[C@@H](CCc2ccccc2)C(=O)N[C@@H](CC(C)C)C(=O)N[C@@H](Cc2ccccc2)C(=O)N[C@@H](CC(C)C)C(=O)[C@@]2(C)CO2)C1. The van der Waals surface area contributed by atoms with E-state index in [1.165, 1.54) is 5.57 Å². The number of ether oxygens (including phenoxy) is 2. The van der Waals surface area contributed by atoms with E-state index in [1.807, 2.05) is 101 Å². The molecule has 1 fully saturated rings. The zero-order valence-electron chi connectivity index (χ0n) is 29.3. The van der Waals surface area contributed by atoms with Crippen molar-refractivity contribution in [3.8, 4) is 0 Å². The van der Waals surface area contributed by atoms with Crippen molar-refractivity contribution in [3.05, 3.63) is 83.4 Å². The molecule has 0 spiro atoms. The molecule has 1 heterocycles. The van der Waals surface area contributed by atoms with Crippen molar-refractivity contribution in [3.63, 3.8) is 0 Å². The molecule has 3 amide bonds. The second-order valence-corrected chi connectivity index (χ2v) is 14.4. The third-order valence-corrected chi connectivity index (χ3v) is 8.86. The second kappa shape index (κ2) is 17.0. The van der Waals surface area contributed by atoms with Gasteiger partial charge < -0.3 is 25.4 Å². The van der Waals surface area contributed by atoms with Gasteiger partial charge in [-0.25, -0.2) is 0 Å². The molecule has 2 aromatic rings. The first-order valence-corrected chi connectivity index (χ1v) is 17.3.